The number of urea groups is 1. The van der Waals surface area contributed by atoms with Gasteiger partial charge < -0.3 is 19.7 Å². The second-order valence-electron chi connectivity index (χ2n) is 7.44. The van der Waals surface area contributed by atoms with Crippen LogP contribution in [0.2, 0.25) is 0 Å². The Morgan fingerprint density at radius 3 is 2.23 bits per heavy atom. The van der Waals surface area contributed by atoms with Crippen molar-refractivity contribution in [3.05, 3.63) is 95.6 Å². The van der Waals surface area contributed by atoms with E-state index in [2.05, 4.69) is 53.8 Å². The summed E-state index contributed by atoms with van der Waals surface area (Å²) >= 11 is 0. The summed E-state index contributed by atoms with van der Waals surface area (Å²) in [6, 6.07) is 26.5. The fourth-order valence-electron chi connectivity index (χ4n) is 3.74. The lowest BCUT2D eigenvalue weighted by Crippen LogP contribution is -2.37. The SMILES string of the molecule is CN(Cc1ccc2c(c1)OCO2)C(=O)NCCC(c1ccccc1)c1ccccc1. The summed E-state index contributed by atoms with van der Waals surface area (Å²) in [4.78, 5) is 14.3. The van der Waals surface area contributed by atoms with Crippen LogP contribution in [0.1, 0.15) is 29.0 Å². The number of nitrogens with zero attached hydrogens (tertiary/aromatic N) is 1. The van der Waals surface area contributed by atoms with Crippen LogP contribution in [0.4, 0.5) is 4.79 Å². The van der Waals surface area contributed by atoms with Crippen LogP contribution in [-0.2, 0) is 6.54 Å². The highest BCUT2D eigenvalue weighted by Gasteiger charge is 2.17. The Bertz CT molecular complexity index is 937. The summed E-state index contributed by atoms with van der Waals surface area (Å²) < 4.78 is 10.8. The molecule has 0 aromatic heterocycles. The number of rotatable bonds is 7. The molecule has 154 valence electrons. The molecule has 3 aromatic rings. The molecule has 2 amide bonds. The molecule has 5 heteroatoms. The second kappa shape index (κ2) is 9.35. The second-order valence-corrected chi connectivity index (χ2v) is 7.44. The zero-order valence-electron chi connectivity index (χ0n) is 17.1. The van der Waals surface area contributed by atoms with Gasteiger partial charge in [-0.15, -0.1) is 0 Å². The van der Waals surface area contributed by atoms with Gasteiger partial charge in [-0.3, -0.25) is 0 Å². The Morgan fingerprint density at radius 1 is 0.933 bits per heavy atom. The highest BCUT2D eigenvalue weighted by molar-refractivity contribution is 5.73. The Balaban J connectivity index is 1.34. The number of amides is 2. The third kappa shape index (κ3) is 4.74. The number of carbonyl (C=O) groups is 1. The van der Waals surface area contributed by atoms with Crippen LogP contribution in [-0.4, -0.2) is 31.3 Å². The molecular formula is C25H26N2O3. The maximum absolute atomic E-state index is 12.6. The minimum atomic E-state index is -0.0902. The van der Waals surface area contributed by atoms with Crippen molar-refractivity contribution in [2.45, 2.75) is 18.9 Å². The molecule has 0 radical (unpaired) electrons. The van der Waals surface area contributed by atoms with Gasteiger partial charge in [0, 0.05) is 26.1 Å². The zero-order chi connectivity index (χ0) is 20.8. The van der Waals surface area contributed by atoms with E-state index in [4.69, 9.17) is 9.47 Å². The topological polar surface area (TPSA) is 50.8 Å². The van der Waals surface area contributed by atoms with Gasteiger partial charge in [0.1, 0.15) is 0 Å². The van der Waals surface area contributed by atoms with E-state index in [0.29, 0.717) is 13.1 Å². The first kappa shape index (κ1) is 19.8. The van der Waals surface area contributed by atoms with Gasteiger partial charge >= 0.3 is 6.03 Å². The summed E-state index contributed by atoms with van der Waals surface area (Å²) in [7, 11) is 1.80. The third-order valence-corrected chi connectivity index (χ3v) is 5.32. The number of fused-ring (bicyclic) bond motifs is 1. The Labute approximate surface area is 177 Å². The van der Waals surface area contributed by atoms with Gasteiger partial charge in [-0.2, -0.15) is 0 Å². The molecule has 0 saturated heterocycles. The van der Waals surface area contributed by atoms with E-state index in [0.717, 1.165) is 23.5 Å². The molecule has 0 unspecified atom stereocenters. The summed E-state index contributed by atoms with van der Waals surface area (Å²) in [6.45, 7) is 1.35. The minimum Gasteiger partial charge on any atom is -0.454 e. The maximum Gasteiger partial charge on any atom is 0.317 e. The van der Waals surface area contributed by atoms with Gasteiger partial charge in [-0.25, -0.2) is 4.79 Å². The molecule has 30 heavy (non-hydrogen) atoms. The predicted molar refractivity (Wildman–Crippen MR) is 117 cm³/mol. The van der Waals surface area contributed by atoms with Crippen LogP contribution in [0.15, 0.2) is 78.9 Å². The fourth-order valence-corrected chi connectivity index (χ4v) is 3.74. The van der Waals surface area contributed by atoms with E-state index < -0.39 is 0 Å². The first-order chi connectivity index (χ1) is 14.7. The fraction of sp³-hybridized carbons (Fsp3) is 0.240. The molecular weight excluding hydrogens is 376 g/mol. The van der Waals surface area contributed by atoms with Gasteiger partial charge in [-0.05, 0) is 35.2 Å². The smallest absolute Gasteiger partial charge is 0.317 e. The normalized spacial score (nSPS) is 12.1. The van der Waals surface area contributed by atoms with Gasteiger partial charge in [0.15, 0.2) is 11.5 Å². The number of carbonyl (C=O) groups excluding carboxylic acids is 1. The Kier molecular flexibility index (Phi) is 6.18. The third-order valence-electron chi connectivity index (χ3n) is 5.32. The van der Waals surface area contributed by atoms with Crippen molar-refractivity contribution in [2.24, 2.45) is 0 Å². The molecule has 1 heterocycles. The highest BCUT2D eigenvalue weighted by atomic mass is 16.7. The van der Waals surface area contributed by atoms with Gasteiger partial charge in [0.2, 0.25) is 6.79 Å². The maximum atomic E-state index is 12.6. The van der Waals surface area contributed by atoms with Gasteiger partial charge in [-0.1, -0.05) is 66.7 Å². The summed E-state index contributed by atoms with van der Waals surface area (Å²) in [6.07, 6.45) is 0.831. The standard InChI is InChI=1S/C25H26N2O3/c1-27(17-19-12-13-23-24(16-19)30-18-29-23)25(28)26-15-14-22(20-8-4-2-5-9-20)21-10-6-3-7-11-21/h2-13,16,22H,14-15,17-18H2,1H3,(H,26,28). The lowest BCUT2D eigenvalue weighted by molar-refractivity contribution is 0.174. The van der Waals surface area contributed by atoms with Crippen molar-refractivity contribution in [3.8, 4) is 11.5 Å². The van der Waals surface area contributed by atoms with Crippen LogP contribution in [0.3, 0.4) is 0 Å². The van der Waals surface area contributed by atoms with E-state index in [9.17, 15) is 4.79 Å². The number of hydrogen-bond donors (Lipinski definition) is 1. The lowest BCUT2D eigenvalue weighted by atomic mass is 9.88. The Morgan fingerprint density at radius 2 is 1.57 bits per heavy atom. The molecule has 0 spiro atoms. The van der Waals surface area contributed by atoms with Gasteiger partial charge in [0.05, 0.1) is 0 Å². The van der Waals surface area contributed by atoms with Crippen LogP contribution in [0, 0.1) is 0 Å². The lowest BCUT2D eigenvalue weighted by Gasteiger charge is -2.21. The quantitative estimate of drug-likeness (QED) is 0.619. The van der Waals surface area contributed by atoms with Crippen molar-refractivity contribution < 1.29 is 14.3 Å². The molecule has 1 aliphatic heterocycles. The molecule has 0 atom stereocenters. The largest absolute Gasteiger partial charge is 0.454 e. The minimum absolute atomic E-state index is 0.0902. The van der Waals surface area contributed by atoms with Crippen molar-refractivity contribution in [3.63, 3.8) is 0 Å². The number of benzene rings is 3. The van der Waals surface area contributed by atoms with Crippen molar-refractivity contribution in [2.75, 3.05) is 20.4 Å². The molecule has 0 bridgehead atoms. The molecule has 0 saturated carbocycles. The summed E-state index contributed by atoms with van der Waals surface area (Å²) in [5, 5.41) is 3.06. The van der Waals surface area contributed by atoms with Crippen molar-refractivity contribution >= 4 is 6.03 Å². The molecule has 3 aromatic carbocycles. The number of ether oxygens (including phenoxy) is 2. The Hall–Kier alpha value is -3.47. The van der Waals surface area contributed by atoms with Crippen LogP contribution >= 0.6 is 0 Å². The van der Waals surface area contributed by atoms with E-state index in [1.807, 2.05) is 30.3 Å². The van der Waals surface area contributed by atoms with E-state index in [1.54, 1.807) is 11.9 Å². The summed E-state index contributed by atoms with van der Waals surface area (Å²) in [5.41, 5.74) is 3.52. The number of hydrogen-bond acceptors (Lipinski definition) is 3. The predicted octanol–water partition coefficient (Wildman–Crippen LogP) is 4.78. The highest BCUT2D eigenvalue weighted by Crippen LogP contribution is 2.32. The van der Waals surface area contributed by atoms with Crippen LogP contribution in [0.25, 0.3) is 0 Å². The van der Waals surface area contributed by atoms with Crippen molar-refractivity contribution in [1.29, 1.82) is 0 Å². The van der Waals surface area contributed by atoms with E-state index >= 15 is 0 Å². The molecule has 0 aliphatic carbocycles. The monoisotopic (exact) mass is 402 g/mol. The molecule has 1 aliphatic rings. The van der Waals surface area contributed by atoms with Gasteiger partial charge in [0.25, 0.3) is 0 Å². The molecule has 4 rings (SSSR count). The molecule has 0 fully saturated rings. The van der Waals surface area contributed by atoms with Crippen LogP contribution in [0.5, 0.6) is 11.5 Å². The molecule has 5 nitrogen and oxygen atoms in total. The average Bonchev–Trinajstić information content (AvgIpc) is 3.25. The zero-order valence-corrected chi connectivity index (χ0v) is 17.1. The molecule has 1 N–H and O–H groups in total. The first-order valence-electron chi connectivity index (χ1n) is 10.2. The van der Waals surface area contributed by atoms with E-state index in [-0.39, 0.29) is 18.7 Å². The van der Waals surface area contributed by atoms with Crippen molar-refractivity contribution in [1.82, 2.24) is 10.2 Å². The average molecular weight is 402 g/mol. The summed E-state index contributed by atoms with van der Waals surface area (Å²) in [5.74, 6) is 1.72. The van der Waals surface area contributed by atoms with E-state index in [1.165, 1.54) is 11.1 Å². The first-order valence-corrected chi connectivity index (χ1v) is 10.2. The van der Waals surface area contributed by atoms with Crippen LogP contribution < -0.4 is 14.8 Å². The number of nitrogens with one attached hydrogen (secondary N) is 1.